The molecule has 1 aliphatic heterocycles. The number of carbonyl (C=O) groups is 1. The van der Waals surface area contributed by atoms with Crippen molar-refractivity contribution in [3.8, 4) is 5.75 Å². The summed E-state index contributed by atoms with van der Waals surface area (Å²) in [5, 5.41) is 8.16. The summed E-state index contributed by atoms with van der Waals surface area (Å²) in [5.41, 5.74) is 10.6. The molecule has 0 spiro atoms. The second-order valence-electron chi connectivity index (χ2n) is 9.57. The molecule has 1 unspecified atom stereocenters. The van der Waals surface area contributed by atoms with Crippen LogP contribution in [0.2, 0.25) is 0 Å². The van der Waals surface area contributed by atoms with Crippen LogP contribution in [0.15, 0.2) is 75.7 Å². The molecular formula is C27H28N6O3S. The molecule has 190 valence electrons. The van der Waals surface area contributed by atoms with E-state index in [2.05, 4.69) is 36.4 Å². The second-order valence-corrected chi connectivity index (χ2v) is 10.4. The average molecular weight is 517 g/mol. The summed E-state index contributed by atoms with van der Waals surface area (Å²) >= 11 is 1.40. The second kappa shape index (κ2) is 9.72. The van der Waals surface area contributed by atoms with Crippen molar-refractivity contribution in [3.63, 3.8) is 0 Å². The first-order chi connectivity index (χ1) is 17.7. The Bertz CT molecular complexity index is 1430. The van der Waals surface area contributed by atoms with E-state index in [0.29, 0.717) is 22.5 Å². The lowest BCUT2D eigenvalue weighted by atomic mass is 9.93. The molecule has 9 nitrogen and oxygen atoms in total. The van der Waals surface area contributed by atoms with Crippen LogP contribution in [0.5, 0.6) is 5.75 Å². The molecule has 2 aromatic heterocycles. The number of nitrogens with zero attached hydrogens (tertiary/aromatic N) is 3. The number of aromatic nitrogens is 1. The number of amidine groups is 1. The van der Waals surface area contributed by atoms with Crippen molar-refractivity contribution in [2.24, 2.45) is 10.7 Å². The van der Waals surface area contributed by atoms with Crippen LogP contribution < -0.4 is 26.0 Å². The summed E-state index contributed by atoms with van der Waals surface area (Å²) in [6.45, 7) is 6.25. The summed E-state index contributed by atoms with van der Waals surface area (Å²) in [5.74, 6) is 1.88. The van der Waals surface area contributed by atoms with E-state index in [1.165, 1.54) is 11.3 Å². The summed E-state index contributed by atoms with van der Waals surface area (Å²) < 4.78 is 10.9. The molecule has 0 saturated carbocycles. The maximum Gasteiger partial charge on any atom is 0.325 e. The number of benzene rings is 2. The zero-order valence-corrected chi connectivity index (χ0v) is 21.8. The van der Waals surface area contributed by atoms with Crippen LogP contribution in [0, 0.1) is 0 Å². The largest absolute Gasteiger partial charge is 0.497 e. The highest BCUT2D eigenvalue weighted by Crippen LogP contribution is 2.38. The molecule has 3 heterocycles. The van der Waals surface area contributed by atoms with Crippen LogP contribution in [0.1, 0.15) is 43.8 Å². The van der Waals surface area contributed by atoms with E-state index < -0.39 is 6.17 Å². The lowest BCUT2D eigenvalue weighted by Gasteiger charge is -2.34. The van der Waals surface area contributed by atoms with Gasteiger partial charge in [0.1, 0.15) is 17.8 Å². The minimum absolute atomic E-state index is 0.0801. The minimum atomic E-state index is -0.507. The molecule has 2 amide bonds. The smallest absolute Gasteiger partial charge is 0.325 e. The fourth-order valence-corrected chi connectivity index (χ4v) is 4.85. The molecule has 5 rings (SSSR count). The van der Waals surface area contributed by atoms with Gasteiger partial charge in [-0.2, -0.15) is 4.99 Å². The van der Waals surface area contributed by atoms with Crippen molar-refractivity contribution in [3.05, 3.63) is 83.1 Å². The molecule has 0 aliphatic carbocycles. The number of nitrogens with one attached hydrogen (secondary N) is 2. The number of ether oxygens (including phenoxy) is 1. The maximum absolute atomic E-state index is 12.6. The van der Waals surface area contributed by atoms with Gasteiger partial charge in [0.05, 0.1) is 24.6 Å². The van der Waals surface area contributed by atoms with Crippen LogP contribution in [0.4, 0.5) is 27.2 Å². The lowest BCUT2D eigenvalue weighted by molar-refractivity contribution is 0.262. The Labute approximate surface area is 219 Å². The number of methoxy groups -OCH3 is 1. The predicted octanol–water partition coefficient (Wildman–Crippen LogP) is 6.24. The van der Waals surface area contributed by atoms with Crippen LogP contribution >= 0.6 is 11.3 Å². The first-order valence-electron chi connectivity index (χ1n) is 11.7. The summed E-state index contributed by atoms with van der Waals surface area (Å²) in [6, 6.07) is 16.5. The summed E-state index contributed by atoms with van der Waals surface area (Å²) in [7, 11) is 1.63. The Hall–Kier alpha value is -4.15. The van der Waals surface area contributed by atoms with Gasteiger partial charge in [0.15, 0.2) is 5.13 Å². The van der Waals surface area contributed by atoms with Crippen LogP contribution in [-0.2, 0) is 5.41 Å². The Morgan fingerprint density at radius 1 is 1.08 bits per heavy atom. The van der Waals surface area contributed by atoms with Gasteiger partial charge in [-0.05, 0) is 54.6 Å². The highest BCUT2D eigenvalue weighted by Gasteiger charge is 2.31. The molecule has 0 fully saturated rings. The zero-order chi connectivity index (χ0) is 26.2. The number of rotatable bonds is 5. The van der Waals surface area contributed by atoms with Crippen LogP contribution in [-0.4, -0.2) is 24.0 Å². The normalized spacial score (nSPS) is 15.1. The summed E-state index contributed by atoms with van der Waals surface area (Å²) in [6.07, 6.45) is 1.08. The van der Waals surface area contributed by atoms with Crippen molar-refractivity contribution < 1.29 is 13.9 Å². The van der Waals surface area contributed by atoms with Crippen molar-refractivity contribution in [1.29, 1.82) is 0 Å². The molecule has 1 atom stereocenters. The van der Waals surface area contributed by atoms with E-state index >= 15 is 0 Å². The number of carbonyl (C=O) groups excluding carboxylic acids is 1. The molecular weight excluding hydrogens is 488 g/mol. The van der Waals surface area contributed by atoms with E-state index in [1.807, 2.05) is 64.9 Å². The van der Waals surface area contributed by atoms with Gasteiger partial charge in [0.25, 0.3) is 0 Å². The van der Waals surface area contributed by atoms with Crippen molar-refractivity contribution in [2.75, 3.05) is 22.6 Å². The number of thiazole rings is 1. The zero-order valence-electron chi connectivity index (χ0n) is 21.0. The fraction of sp³-hybridized carbons (Fsp3) is 0.222. The lowest BCUT2D eigenvalue weighted by Crippen LogP contribution is -2.41. The number of fused-ring (bicyclic) bond motifs is 1. The molecule has 1 aliphatic rings. The number of nitrogens with two attached hydrogens (primary N) is 1. The van der Waals surface area contributed by atoms with Gasteiger partial charge in [-0.1, -0.05) is 20.8 Å². The van der Waals surface area contributed by atoms with Gasteiger partial charge in [0.2, 0.25) is 5.88 Å². The van der Waals surface area contributed by atoms with E-state index in [-0.39, 0.29) is 11.4 Å². The van der Waals surface area contributed by atoms with Crippen molar-refractivity contribution >= 4 is 45.6 Å². The molecule has 0 radical (unpaired) electrons. The summed E-state index contributed by atoms with van der Waals surface area (Å²) in [4.78, 5) is 23.7. The number of amides is 2. The van der Waals surface area contributed by atoms with Gasteiger partial charge in [-0.15, -0.1) is 11.3 Å². The first-order valence-corrected chi connectivity index (χ1v) is 12.6. The van der Waals surface area contributed by atoms with Gasteiger partial charge >= 0.3 is 6.03 Å². The SMILES string of the molecule is COc1ccc(C2=Nc3occc3C(N)N2c2ccc(NC(=O)Nc3nc(C(C)(C)C)cs3)cc2)cc1. The number of furan rings is 1. The van der Waals surface area contributed by atoms with E-state index in [9.17, 15) is 4.79 Å². The molecule has 4 aromatic rings. The van der Waals surface area contributed by atoms with Crippen LogP contribution in [0.3, 0.4) is 0 Å². The standard InChI is InChI=1S/C27H28N6O3S/c1-27(2,3)21-15-37-26(30-21)32-25(34)29-17-7-9-18(10-8-17)33-22(28)20-13-14-36-24(20)31-23(33)16-5-11-19(35-4)12-6-16/h5-15,22H,28H2,1-4H3,(H2,29,30,32,34). The number of hydrogen-bond acceptors (Lipinski definition) is 8. The van der Waals surface area contributed by atoms with Gasteiger partial charge in [-0.25, -0.2) is 9.78 Å². The predicted molar refractivity (Wildman–Crippen MR) is 147 cm³/mol. The molecule has 10 heteroatoms. The third-order valence-corrected chi connectivity index (χ3v) is 6.71. The Morgan fingerprint density at radius 2 is 1.81 bits per heavy atom. The Balaban J connectivity index is 1.36. The molecule has 37 heavy (non-hydrogen) atoms. The quantitative estimate of drug-likeness (QED) is 0.289. The maximum atomic E-state index is 12.6. The third kappa shape index (κ3) is 5.07. The molecule has 0 bridgehead atoms. The van der Waals surface area contributed by atoms with Gasteiger partial charge < -0.3 is 25.1 Å². The number of urea groups is 1. The monoisotopic (exact) mass is 516 g/mol. The molecule has 4 N–H and O–H groups in total. The number of hydrogen-bond donors (Lipinski definition) is 3. The van der Waals surface area contributed by atoms with Gasteiger partial charge in [-0.3, -0.25) is 5.32 Å². The van der Waals surface area contributed by atoms with Crippen LogP contribution in [0.25, 0.3) is 0 Å². The van der Waals surface area contributed by atoms with E-state index in [4.69, 9.17) is 19.9 Å². The Kier molecular flexibility index (Phi) is 6.45. The highest BCUT2D eigenvalue weighted by molar-refractivity contribution is 7.14. The first kappa shape index (κ1) is 24.5. The minimum Gasteiger partial charge on any atom is -0.497 e. The van der Waals surface area contributed by atoms with Crippen molar-refractivity contribution in [2.45, 2.75) is 32.4 Å². The number of anilines is 3. The fourth-order valence-electron chi connectivity index (χ4n) is 3.92. The van der Waals surface area contributed by atoms with Crippen molar-refractivity contribution in [1.82, 2.24) is 4.98 Å². The van der Waals surface area contributed by atoms with Gasteiger partial charge in [0, 0.05) is 27.7 Å². The Morgan fingerprint density at radius 3 is 2.46 bits per heavy atom. The average Bonchev–Trinajstić information content (AvgIpc) is 3.55. The molecule has 2 aromatic carbocycles. The third-order valence-electron chi connectivity index (χ3n) is 5.95. The topological polar surface area (TPSA) is 118 Å². The number of aliphatic imine (C=N–C) groups is 1. The highest BCUT2D eigenvalue weighted by atomic mass is 32.1. The molecule has 0 saturated heterocycles. The van der Waals surface area contributed by atoms with E-state index in [0.717, 1.165) is 28.3 Å². The van der Waals surface area contributed by atoms with E-state index in [1.54, 1.807) is 13.4 Å².